The number of hydrogen-bond acceptors (Lipinski definition) is 10. The van der Waals surface area contributed by atoms with Crippen molar-refractivity contribution in [2.24, 2.45) is 0 Å². The van der Waals surface area contributed by atoms with Crippen LogP contribution >= 0.6 is 0 Å². The minimum absolute atomic E-state index is 0.0381. The monoisotopic (exact) mass is 705 g/mol. The zero-order chi connectivity index (χ0) is 35.8. The maximum absolute atomic E-state index is 13.5. The van der Waals surface area contributed by atoms with Crippen molar-refractivity contribution < 1.29 is 58.4 Å². The van der Waals surface area contributed by atoms with Gasteiger partial charge in [-0.3, -0.25) is 14.4 Å². The van der Waals surface area contributed by atoms with E-state index < -0.39 is 63.6 Å². The van der Waals surface area contributed by atoms with E-state index in [0.29, 0.717) is 27.8 Å². The third-order valence-corrected chi connectivity index (χ3v) is 8.62. The molecule has 1 fully saturated rings. The normalized spacial score (nSPS) is 16.7. The minimum atomic E-state index is -6.19. The summed E-state index contributed by atoms with van der Waals surface area (Å²) in [6.07, 6.45) is -1.73. The van der Waals surface area contributed by atoms with Crippen LogP contribution in [-0.4, -0.2) is 92.8 Å². The van der Waals surface area contributed by atoms with Crippen molar-refractivity contribution in [2.75, 3.05) is 40.4 Å². The van der Waals surface area contributed by atoms with Gasteiger partial charge in [0, 0.05) is 49.4 Å². The molecule has 1 atom stereocenters. The Kier molecular flexibility index (Phi) is 10.7. The SMILES string of the molecule is COC(=O)c1ccc(C2CN(CC(F)F)CCN2Cc2c(OC)cc(C)c3c2ccn3C(=O)OC(C)(C)C)cc1OS(=O)(=O)C(F)(F)F. The molecule has 264 valence electrons. The number of ether oxygens (including phenoxy) is 3. The molecule has 11 nitrogen and oxygen atoms in total. The number of hydrogen-bond donors (Lipinski definition) is 0. The average molecular weight is 706 g/mol. The summed E-state index contributed by atoms with van der Waals surface area (Å²) in [7, 11) is -3.78. The molecular formula is C31H36F5N3O8S. The second kappa shape index (κ2) is 13.9. The summed E-state index contributed by atoms with van der Waals surface area (Å²) in [4.78, 5) is 28.7. The zero-order valence-corrected chi connectivity index (χ0v) is 27.9. The molecule has 1 aliphatic rings. The van der Waals surface area contributed by atoms with Crippen LogP contribution in [0.15, 0.2) is 36.5 Å². The molecule has 17 heteroatoms. The van der Waals surface area contributed by atoms with E-state index in [1.807, 2.05) is 4.90 Å². The first-order valence-electron chi connectivity index (χ1n) is 14.6. The van der Waals surface area contributed by atoms with Gasteiger partial charge in [-0.05, 0) is 63.1 Å². The quantitative estimate of drug-likeness (QED) is 0.116. The molecule has 0 aliphatic carbocycles. The van der Waals surface area contributed by atoms with Gasteiger partial charge in [0.25, 0.3) is 6.43 Å². The van der Waals surface area contributed by atoms with Crippen molar-refractivity contribution in [3.8, 4) is 11.5 Å². The number of esters is 1. The summed E-state index contributed by atoms with van der Waals surface area (Å²) >= 11 is 0. The maximum Gasteiger partial charge on any atom is 0.534 e. The molecule has 0 radical (unpaired) electrons. The highest BCUT2D eigenvalue weighted by Crippen LogP contribution is 2.38. The van der Waals surface area contributed by atoms with E-state index in [2.05, 4.69) is 8.92 Å². The van der Waals surface area contributed by atoms with Gasteiger partial charge in [0.05, 0.1) is 26.3 Å². The number of aryl methyl sites for hydroxylation is 1. The smallest absolute Gasteiger partial charge is 0.496 e. The fraction of sp³-hybridized carbons (Fsp3) is 0.484. The van der Waals surface area contributed by atoms with Crippen molar-refractivity contribution in [3.05, 3.63) is 58.8 Å². The van der Waals surface area contributed by atoms with E-state index in [-0.39, 0.29) is 31.7 Å². The predicted molar refractivity (Wildman–Crippen MR) is 164 cm³/mol. The average Bonchev–Trinajstić information content (AvgIpc) is 3.43. The minimum Gasteiger partial charge on any atom is -0.496 e. The van der Waals surface area contributed by atoms with Crippen LogP contribution in [0.5, 0.6) is 11.5 Å². The molecule has 48 heavy (non-hydrogen) atoms. The second-order valence-corrected chi connectivity index (χ2v) is 13.7. The first-order valence-corrected chi connectivity index (χ1v) is 16.1. The first kappa shape index (κ1) is 36.9. The second-order valence-electron chi connectivity index (χ2n) is 12.2. The molecule has 3 aromatic rings. The Morgan fingerprint density at radius 2 is 1.71 bits per heavy atom. The standard InChI is InChI=1S/C31H36F5N3O8S/c1-18-13-24(44-5)22(20-9-10-39(27(18)20)29(41)46-30(2,3)4)15-38-12-11-37(17-26(32)33)16-23(38)19-7-8-21(28(40)45-6)25(14-19)47-48(42,43)31(34,35)36/h7-10,13-14,23,26H,11-12,15-17H2,1-6H3. The number of carbonyl (C=O) groups excluding carboxylic acids is 2. The highest BCUT2D eigenvalue weighted by Gasteiger charge is 2.49. The van der Waals surface area contributed by atoms with Gasteiger partial charge in [-0.25, -0.2) is 18.4 Å². The van der Waals surface area contributed by atoms with E-state index >= 15 is 0 Å². The molecule has 1 saturated heterocycles. The lowest BCUT2D eigenvalue weighted by molar-refractivity contribution is -0.0500. The number of nitrogens with zero attached hydrogens (tertiary/aromatic N) is 3. The summed E-state index contributed by atoms with van der Waals surface area (Å²) in [5, 5.41) is 0.632. The van der Waals surface area contributed by atoms with Crippen LogP contribution in [-0.2, 0) is 26.1 Å². The number of carbonyl (C=O) groups is 2. The van der Waals surface area contributed by atoms with E-state index in [1.165, 1.54) is 22.6 Å². The van der Waals surface area contributed by atoms with Gasteiger partial charge in [0.1, 0.15) is 16.9 Å². The zero-order valence-electron chi connectivity index (χ0n) is 27.1. The highest BCUT2D eigenvalue weighted by molar-refractivity contribution is 7.88. The Balaban J connectivity index is 1.83. The maximum atomic E-state index is 13.5. The Labute approximate surface area is 274 Å². The van der Waals surface area contributed by atoms with E-state index in [1.54, 1.807) is 46.0 Å². The molecular weight excluding hydrogens is 669 g/mol. The summed E-state index contributed by atoms with van der Waals surface area (Å²) < 4.78 is 112. The number of halogens is 5. The molecule has 1 unspecified atom stereocenters. The predicted octanol–water partition coefficient (Wildman–Crippen LogP) is 5.88. The van der Waals surface area contributed by atoms with Gasteiger partial charge in [-0.15, -0.1) is 0 Å². The molecule has 2 aromatic carbocycles. The summed E-state index contributed by atoms with van der Waals surface area (Å²) in [5.74, 6) is -1.64. The number of aromatic nitrogens is 1. The fourth-order valence-electron chi connectivity index (χ4n) is 5.58. The lowest BCUT2D eigenvalue weighted by atomic mass is 9.97. The molecule has 2 heterocycles. The van der Waals surface area contributed by atoms with Crippen molar-refractivity contribution >= 4 is 33.1 Å². The molecule has 0 N–H and O–H groups in total. The van der Waals surface area contributed by atoms with Crippen molar-refractivity contribution in [1.29, 1.82) is 0 Å². The topological polar surface area (TPSA) is 117 Å². The first-order chi connectivity index (χ1) is 22.3. The van der Waals surface area contributed by atoms with Crippen LogP contribution in [0.3, 0.4) is 0 Å². The van der Waals surface area contributed by atoms with E-state index in [9.17, 15) is 40.0 Å². The van der Waals surface area contributed by atoms with Crippen LogP contribution in [0.4, 0.5) is 26.7 Å². The largest absolute Gasteiger partial charge is 0.534 e. The number of piperazine rings is 1. The molecule has 4 rings (SSSR count). The summed E-state index contributed by atoms with van der Waals surface area (Å²) in [6.45, 7) is 6.87. The Morgan fingerprint density at radius 1 is 1.02 bits per heavy atom. The molecule has 0 saturated carbocycles. The third-order valence-electron chi connectivity index (χ3n) is 7.65. The number of methoxy groups -OCH3 is 2. The van der Waals surface area contributed by atoms with Gasteiger partial charge >= 0.3 is 27.7 Å². The van der Waals surface area contributed by atoms with Gasteiger partial charge in [0.2, 0.25) is 0 Å². The van der Waals surface area contributed by atoms with Crippen LogP contribution < -0.4 is 8.92 Å². The Bertz CT molecular complexity index is 1790. The van der Waals surface area contributed by atoms with Gasteiger partial charge in [0.15, 0.2) is 5.75 Å². The molecule has 1 aromatic heterocycles. The summed E-state index contributed by atoms with van der Waals surface area (Å²) in [5.41, 5.74) is -5.11. The molecule has 1 aliphatic heterocycles. The van der Waals surface area contributed by atoms with Crippen molar-refractivity contribution in [3.63, 3.8) is 0 Å². The van der Waals surface area contributed by atoms with Crippen molar-refractivity contribution in [2.45, 2.75) is 57.8 Å². The van der Waals surface area contributed by atoms with Crippen LogP contribution in [0.1, 0.15) is 53.9 Å². The summed E-state index contributed by atoms with van der Waals surface area (Å²) in [6, 6.07) is 6.02. The lowest BCUT2D eigenvalue weighted by Crippen LogP contribution is -2.49. The van der Waals surface area contributed by atoms with E-state index in [0.717, 1.165) is 19.2 Å². The van der Waals surface area contributed by atoms with Gasteiger partial charge in [-0.2, -0.15) is 21.6 Å². The number of benzene rings is 2. The fourth-order valence-corrected chi connectivity index (χ4v) is 6.05. The van der Waals surface area contributed by atoms with Gasteiger partial charge in [-0.1, -0.05) is 6.07 Å². The number of rotatable bonds is 9. The van der Waals surface area contributed by atoms with Crippen LogP contribution in [0, 0.1) is 6.92 Å². The Morgan fingerprint density at radius 3 is 2.29 bits per heavy atom. The molecule has 0 spiro atoms. The number of alkyl halides is 5. The molecule has 0 amide bonds. The lowest BCUT2D eigenvalue weighted by Gasteiger charge is -2.42. The van der Waals surface area contributed by atoms with Crippen LogP contribution in [0.25, 0.3) is 10.9 Å². The van der Waals surface area contributed by atoms with E-state index in [4.69, 9.17) is 9.47 Å². The van der Waals surface area contributed by atoms with Crippen molar-refractivity contribution in [1.82, 2.24) is 14.4 Å². The Hall–Kier alpha value is -3.96. The van der Waals surface area contributed by atoms with Gasteiger partial charge < -0.3 is 18.4 Å². The number of fused-ring (bicyclic) bond motifs is 1. The molecule has 0 bridgehead atoms. The van der Waals surface area contributed by atoms with Crippen LogP contribution in [0.2, 0.25) is 0 Å². The third kappa shape index (κ3) is 8.01. The highest BCUT2D eigenvalue weighted by atomic mass is 32.2.